The van der Waals surface area contributed by atoms with Crippen LogP contribution in [0.5, 0.6) is 5.75 Å². The van der Waals surface area contributed by atoms with Gasteiger partial charge < -0.3 is 20.5 Å². The molecular formula is C20H18F3N3O4. The van der Waals surface area contributed by atoms with E-state index in [0.29, 0.717) is 17.5 Å². The van der Waals surface area contributed by atoms with Gasteiger partial charge in [-0.05, 0) is 49.4 Å². The fourth-order valence-corrected chi connectivity index (χ4v) is 2.35. The van der Waals surface area contributed by atoms with Crippen LogP contribution in [0.2, 0.25) is 0 Å². The molecule has 30 heavy (non-hydrogen) atoms. The maximum absolute atomic E-state index is 13.0. The second kappa shape index (κ2) is 8.84. The summed E-state index contributed by atoms with van der Waals surface area (Å²) in [6, 6.07) is 10.3. The minimum Gasteiger partial charge on any atom is -0.490 e. The number of anilines is 2. The average Bonchev–Trinajstić information content (AvgIpc) is 2.66. The number of carbonyl (C=O) groups is 2. The van der Waals surface area contributed by atoms with Crippen LogP contribution in [0.3, 0.4) is 0 Å². The van der Waals surface area contributed by atoms with Crippen molar-refractivity contribution in [2.24, 2.45) is 0 Å². The average molecular weight is 421 g/mol. The number of rotatable bonds is 6. The molecule has 0 radical (unpaired) electrons. The number of hydrogen-bond donors (Lipinski definition) is 3. The lowest BCUT2D eigenvalue weighted by Crippen LogP contribution is -2.45. The fraction of sp³-hybridized carbons (Fsp3) is 0.250. The molecule has 0 aliphatic carbocycles. The summed E-state index contributed by atoms with van der Waals surface area (Å²) in [5, 5.41) is 23.9. The quantitative estimate of drug-likeness (QED) is 0.663. The molecule has 0 aromatic heterocycles. The van der Waals surface area contributed by atoms with E-state index in [1.807, 2.05) is 0 Å². The van der Waals surface area contributed by atoms with Gasteiger partial charge in [-0.25, -0.2) is 0 Å². The second-order valence-corrected chi connectivity index (χ2v) is 6.59. The molecule has 7 nitrogen and oxygen atoms in total. The molecule has 0 fully saturated rings. The van der Waals surface area contributed by atoms with Gasteiger partial charge in [-0.2, -0.15) is 18.4 Å². The van der Waals surface area contributed by atoms with Crippen molar-refractivity contribution >= 4 is 23.2 Å². The van der Waals surface area contributed by atoms with Crippen LogP contribution < -0.4 is 15.4 Å². The summed E-state index contributed by atoms with van der Waals surface area (Å²) in [4.78, 5) is 23.3. The van der Waals surface area contributed by atoms with Crippen molar-refractivity contribution in [1.82, 2.24) is 0 Å². The van der Waals surface area contributed by atoms with Crippen molar-refractivity contribution in [3.63, 3.8) is 0 Å². The van der Waals surface area contributed by atoms with Crippen molar-refractivity contribution in [3.05, 3.63) is 53.6 Å². The van der Waals surface area contributed by atoms with Crippen molar-refractivity contribution < 1.29 is 32.6 Å². The lowest BCUT2D eigenvalue weighted by atomic mass is 10.1. The Bertz CT molecular complexity index is 980. The molecule has 0 saturated heterocycles. The summed E-state index contributed by atoms with van der Waals surface area (Å²) >= 11 is 0. The van der Waals surface area contributed by atoms with E-state index in [4.69, 9.17) is 10.00 Å². The molecule has 0 unspecified atom stereocenters. The highest BCUT2D eigenvalue weighted by Gasteiger charge is 2.35. The highest BCUT2D eigenvalue weighted by Crippen LogP contribution is 2.33. The Labute approximate surface area is 170 Å². The molecule has 158 valence electrons. The lowest BCUT2D eigenvalue weighted by Gasteiger charge is -2.23. The predicted molar refractivity (Wildman–Crippen MR) is 102 cm³/mol. The second-order valence-electron chi connectivity index (χ2n) is 6.59. The summed E-state index contributed by atoms with van der Waals surface area (Å²) in [6.07, 6.45) is -4.78. The third-order valence-electron chi connectivity index (χ3n) is 3.89. The molecule has 0 bridgehead atoms. The number of amides is 2. The minimum atomic E-state index is -4.78. The van der Waals surface area contributed by atoms with Crippen LogP contribution in [-0.4, -0.2) is 29.1 Å². The Kier molecular flexibility index (Phi) is 6.69. The van der Waals surface area contributed by atoms with Crippen LogP contribution in [0.1, 0.15) is 25.0 Å². The molecule has 1 atom stereocenters. The van der Waals surface area contributed by atoms with Crippen LogP contribution >= 0.6 is 0 Å². The third kappa shape index (κ3) is 5.96. The highest BCUT2D eigenvalue weighted by molar-refractivity contribution is 5.97. The Balaban J connectivity index is 2.05. The van der Waals surface area contributed by atoms with E-state index < -0.39 is 35.4 Å². The summed E-state index contributed by atoms with van der Waals surface area (Å²) in [6.45, 7) is 2.01. The first-order valence-corrected chi connectivity index (χ1v) is 8.58. The molecule has 0 aliphatic rings. The zero-order valence-corrected chi connectivity index (χ0v) is 16.0. The number of nitrogens with zero attached hydrogens (tertiary/aromatic N) is 1. The normalized spacial score (nSPS) is 13.0. The predicted octanol–water partition coefficient (Wildman–Crippen LogP) is 3.30. The first kappa shape index (κ1) is 22.7. The topological polar surface area (TPSA) is 111 Å². The van der Waals surface area contributed by atoms with Gasteiger partial charge in [0.2, 0.25) is 5.91 Å². The number of aliphatic hydroxyl groups is 1. The first-order chi connectivity index (χ1) is 13.9. The van der Waals surface area contributed by atoms with E-state index in [1.54, 1.807) is 12.1 Å². The Hall–Kier alpha value is -3.58. The maximum atomic E-state index is 13.0. The zero-order valence-electron chi connectivity index (χ0n) is 16.0. The molecule has 2 rings (SSSR count). The van der Waals surface area contributed by atoms with Crippen molar-refractivity contribution in [3.8, 4) is 11.8 Å². The van der Waals surface area contributed by atoms with Gasteiger partial charge >= 0.3 is 6.18 Å². The maximum Gasteiger partial charge on any atom is 0.417 e. The van der Waals surface area contributed by atoms with Crippen LogP contribution in [-0.2, 0) is 15.8 Å². The van der Waals surface area contributed by atoms with E-state index in [1.165, 1.54) is 25.1 Å². The number of hydrogen-bond acceptors (Lipinski definition) is 5. The third-order valence-corrected chi connectivity index (χ3v) is 3.89. The fourth-order valence-electron chi connectivity index (χ4n) is 2.35. The summed E-state index contributed by atoms with van der Waals surface area (Å²) in [7, 11) is 0. The van der Waals surface area contributed by atoms with Gasteiger partial charge in [0.25, 0.3) is 5.91 Å². The van der Waals surface area contributed by atoms with Crippen LogP contribution in [0.25, 0.3) is 0 Å². The number of nitriles is 1. The molecule has 0 spiro atoms. The zero-order chi connectivity index (χ0) is 22.5. The Morgan fingerprint density at radius 1 is 1.10 bits per heavy atom. The van der Waals surface area contributed by atoms with E-state index in [9.17, 15) is 27.9 Å². The first-order valence-electron chi connectivity index (χ1n) is 8.58. The lowest BCUT2D eigenvalue weighted by molar-refractivity contribution is -0.138. The molecule has 0 saturated carbocycles. The molecule has 0 aliphatic heterocycles. The largest absolute Gasteiger partial charge is 0.490 e. The molecule has 2 amide bonds. The van der Waals surface area contributed by atoms with Gasteiger partial charge in [-0.3, -0.25) is 9.59 Å². The van der Waals surface area contributed by atoms with Gasteiger partial charge in [0, 0.05) is 18.3 Å². The number of ether oxygens (including phenoxy) is 1. The molecule has 0 heterocycles. The van der Waals surface area contributed by atoms with Gasteiger partial charge in [0.15, 0.2) is 5.60 Å². The monoisotopic (exact) mass is 421 g/mol. The molecule has 2 aromatic carbocycles. The van der Waals surface area contributed by atoms with E-state index >= 15 is 0 Å². The van der Waals surface area contributed by atoms with Gasteiger partial charge in [0.05, 0.1) is 17.2 Å². The minimum absolute atomic E-state index is 0.230. The number of benzene rings is 2. The van der Waals surface area contributed by atoms with E-state index in [0.717, 1.165) is 19.1 Å². The van der Waals surface area contributed by atoms with Crippen molar-refractivity contribution in [2.75, 3.05) is 17.2 Å². The van der Waals surface area contributed by atoms with Crippen LogP contribution in [0.4, 0.5) is 24.5 Å². The number of halogens is 3. The molecular weight excluding hydrogens is 403 g/mol. The van der Waals surface area contributed by atoms with Crippen molar-refractivity contribution in [2.45, 2.75) is 25.6 Å². The van der Waals surface area contributed by atoms with Gasteiger partial charge in [0.1, 0.15) is 12.4 Å². The van der Waals surface area contributed by atoms with Gasteiger partial charge in [-0.1, -0.05) is 0 Å². The molecule has 2 aromatic rings. The standard InChI is InChI=1S/C20H18F3N3O4/c1-12(27)25-14-5-7-16(8-6-14)30-11-19(2,29)18(28)26-15-4-3-13(10-24)17(9-15)20(21,22)23/h3-9,29H,11H2,1-2H3,(H,25,27)(H,26,28)/t19-/m1/s1. The SMILES string of the molecule is CC(=O)Nc1ccc(OC[C@@](C)(O)C(=O)Nc2ccc(C#N)c(C(F)(F)F)c2)cc1. The number of alkyl halides is 3. The summed E-state index contributed by atoms with van der Waals surface area (Å²) < 4.78 is 44.5. The van der Waals surface area contributed by atoms with E-state index in [-0.39, 0.29) is 11.6 Å². The summed E-state index contributed by atoms with van der Waals surface area (Å²) in [5.74, 6) is -0.940. The molecule has 3 N–H and O–H groups in total. The smallest absolute Gasteiger partial charge is 0.417 e. The van der Waals surface area contributed by atoms with Gasteiger partial charge in [-0.15, -0.1) is 0 Å². The van der Waals surface area contributed by atoms with Crippen LogP contribution in [0.15, 0.2) is 42.5 Å². The molecule has 10 heteroatoms. The summed E-state index contributed by atoms with van der Waals surface area (Å²) in [5.41, 5.74) is -3.55. The van der Waals surface area contributed by atoms with E-state index in [2.05, 4.69) is 10.6 Å². The Morgan fingerprint density at radius 3 is 2.23 bits per heavy atom. The Morgan fingerprint density at radius 2 is 1.70 bits per heavy atom. The van der Waals surface area contributed by atoms with Crippen LogP contribution in [0, 0.1) is 11.3 Å². The highest BCUT2D eigenvalue weighted by atomic mass is 19.4. The van der Waals surface area contributed by atoms with Crippen molar-refractivity contribution in [1.29, 1.82) is 5.26 Å². The number of nitrogens with one attached hydrogen (secondary N) is 2. The number of carbonyl (C=O) groups excluding carboxylic acids is 2.